The lowest BCUT2D eigenvalue weighted by Gasteiger charge is -2.22. The zero-order chi connectivity index (χ0) is 13.1. The molecule has 1 heterocycles. The zero-order valence-corrected chi connectivity index (χ0v) is 11.2. The van der Waals surface area contributed by atoms with E-state index in [1.165, 1.54) is 11.4 Å². The molecule has 1 unspecified atom stereocenters. The molecule has 0 bridgehead atoms. The fraction of sp³-hybridized carbons (Fsp3) is 0.778. The minimum absolute atomic E-state index is 0.153. The number of ether oxygens (including phenoxy) is 1. The number of esters is 1. The van der Waals surface area contributed by atoms with Gasteiger partial charge in [0.1, 0.15) is 0 Å². The number of hydrogen-bond donors (Lipinski definition) is 1. The van der Waals surface area contributed by atoms with Gasteiger partial charge in [-0.1, -0.05) is 12.2 Å². The van der Waals surface area contributed by atoms with E-state index in [0.717, 1.165) is 6.42 Å². The fourth-order valence-electron chi connectivity index (χ4n) is 1.79. The number of nitrogens with two attached hydrogens (primary N) is 1. The zero-order valence-electron chi connectivity index (χ0n) is 9.59. The summed E-state index contributed by atoms with van der Waals surface area (Å²) < 4.78 is 29.6. The highest BCUT2D eigenvalue weighted by molar-refractivity contribution is 7.89. The molecule has 0 amide bonds. The summed E-state index contributed by atoms with van der Waals surface area (Å²) in [6.45, 7) is 0.408. The monoisotopic (exact) mass is 280 g/mol. The maximum absolute atomic E-state index is 12.0. The SMILES string of the molecule is COC(=O)CCS(=O)(=O)N1CCCC1C(N)=S. The van der Waals surface area contributed by atoms with Crippen LogP contribution in [0.15, 0.2) is 0 Å². The molecule has 1 aliphatic heterocycles. The van der Waals surface area contributed by atoms with Crippen LogP contribution in [0.5, 0.6) is 0 Å². The molecule has 98 valence electrons. The van der Waals surface area contributed by atoms with Crippen LogP contribution >= 0.6 is 12.2 Å². The average molecular weight is 280 g/mol. The van der Waals surface area contributed by atoms with E-state index in [1.54, 1.807) is 0 Å². The molecule has 0 saturated carbocycles. The molecule has 6 nitrogen and oxygen atoms in total. The molecule has 0 aromatic carbocycles. The Hall–Kier alpha value is -0.730. The lowest BCUT2D eigenvalue weighted by atomic mass is 10.2. The van der Waals surface area contributed by atoms with E-state index in [0.29, 0.717) is 13.0 Å². The molecule has 1 saturated heterocycles. The topological polar surface area (TPSA) is 89.7 Å². The Morgan fingerprint density at radius 2 is 2.24 bits per heavy atom. The summed E-state index contributed by atoms with van der Waals surface area (Å²) in [5.41, 5.74) is 5.50. The first kappa shape index (κ1) is 14.3. The molecule has 1 atom stereocenters. The second kappa shape index (κ2) is 5.74. The summed E-state index contributed by atoms with van der Waals surface area (Å²) >= 11 is 4.84. The van der Waals surface area contributed by atoms with Crippen LogP contribution in [0.3, 0.4) is 0 Å². The predicted octanol–water partition coefficient (Wildman–Crippen LogP) is -0.370. The van der Waals surface area contributed by atoms with E-state index in [1.807, 2.05) is 0 Å². The van der Waals surface area contributed by atoms with Gasteiger partial charge in [0, 0.05) is 6.54 Å². The molecule has 17 heavy (non-hydrogen) atoms. The standard InChI is InChI=1S/C9H16N2O4S2/c1-15-8(12)4-6-17(13,14)11-5-2-3-7(11)9(10)16/h7H,2-6H2,1H3,(H2,10,16). The summed E-state index contributed by atoms with van der Waals surface area (Å²) in [7, 11) is -2.27. The van der Waals surface area contributed by atoms with Gasteiger partial charge in [-0.3, -0.25) is 4.79 Å². The summed E-state index contributed by atoms with van der Waals surface area (Å²) in [6.07, 6.45) is 1.23. The highest BCUT2D eigenvalue weighted by Crippen LogP contribution is 2.22. The molecule has 2 N–H and O–H groups in total. The Kier molecular flexibility index (Phi) is 4.84. The van der Waals surface area contributed by atoms with Gasteiger partial charge in [0.25, 0.3) is 0 Å². The van der Waals surface area contributed by atoms with Crippen molar-refractivity contribution in [1.82, 2.24) is 4.31 Å². The molecule has 1 aliphatic rings. The van der Waals surface area contributed by atoms with Crippen molar-refractivity contribution in [2.45, 2.75) is 25.3 Å². The van der Waals surface area contributed by atoms with Crippen LogP contribution in [0.1, 0.15) is 19.3 Å². The number of carbonyl (C=O) groups excluding carboxylic acids is 1. The van der Waals surface area contributed by atoms with Crippen LogP contribution in [0.2, 0.25) is 0 Å². The van der Waals surface area contributed by atoms with Crippen molar-refractivity contribution >= 4 is 33.2 Å². The van der Waals surface area contributed by atoms with E-state index in [2.05, 4.69) is 4.74 Å². The van der Waals surface area contributed by atoms with Gasteiger partial charge < -0.3 is 10.5 Å². The Morgan fingerprint density at radius 3 is 2.76 bits per heavy atom. The van der Waals surface area contributed by atoms with Crippen LogP contribution in [0, 0.1) is 0 Å². The lowest BCUT2D eigenvalue weighted by Crippen LogP contribution is -2.44. The smallest absolute Gasteiger partial charge is 0.306 e. The second-order valence-electron chi connectivity index (χ2n) is 3.81. The summed E-state index contributed by atoms with van der Waals surface area (Å²) in [4.78, 5) is 11.1. The quantitative estimate of drug-likeness (QED) is 0.546. The van der Waals surface area contributed by atoms with Crippen molar-refractivity contribution in [2.24, 2.45) is 5.73 Å². The average Bonchev–Trinajstić information content (AvgIpc) is 2.75. The highest BCUT2D eigenvalue weighted by atomic mass is 32.2. The Balaban J connectivity index is 2.69. The van der Waals surface area contributed by atoms with Gasteiger partial charge in [-0.05, 0) is 12.8 Å². The van der Waals surface area contributed by atoms with Gasteiger partial charge in [0.15, 0.2) is 0 Å². The minimum Gasteiger partial charge on any atom is -0.469 e. The van der Waals surface area contributed by atoms with Crippen LogP contribution < -0.4 is 5.73 Å². The molecule has 0 spiro atoms. The summed E-state index contributed by atoms with van der Waals surface area (Å²) in [5, 5.41) is 0. The lowest BCUT2D eigenvalue weighted by molar-refractivity contribution is -0.140. The first-order chi connectivity index (χ1) is 7.88. The van der Waals surface area contributed by atoms with Crippen molar-refractivity contribution in [3.05, 3.63) is 0 Å². The molecule has 8 heteroatoms. The van der Waals surface area contributed by atoms with E-state index in [4.69, 9.17) is 18.0 Å². The Bertz CT molecular complexity index is 407. The van der Waals surface area contributed by atoms with Crippen molar-refractivity contribution in [3.8, 4) is 0 Å². The van der Waals surface area contributed by atoms with E-state index in [9.17, 15) is 13.2 Å². The van der Waals surface area contributed by atoms with Crippen molar-refractivity contribution in [2.75, 3.05) is 19.4 Å². The molecule has 1 fully saturated rings. The largest absolute Gasteiger partial charge is 0.469 e. The Labute approximate surface area is 106 Å². The third-order valence-electron chi connectivity index (χ3n) is 2.68. The third kappa shape index (κ3) is 3.62. The van der Waals surface area contributed by atoms with Gasteiger partial charge in [0.05, 0.1) is 30.3 Å². The highest BCUT2D eigenvalue weighted by Gasteiger charge is 2.35. The van der Waals surface area contributed by atoms with Crippen LogP contribution in [-0.2, 0) is 19.6 Å². The van der Waals surface area contributed by atoms with Gasteiger partial charge >= 0.3 is 5.97 Å². The number of methoxy groups -OCH3 is 1. The van der Waals surface area contributed by atoms with Gasteiger partial charge in [-0.25, -0.2) is 8.42 Å². The van der Waals surface area contributed by atoms with Gasteiger partial charge in [-0.2, -0.15) is 4.31 Å². The van der Waals surface area contributed by atoms with Crippen LogP contribution in [-0.4, -0.2) is 49.1 Å². The van der Waals surface area contributed by atoms with E-state index < -0.39 is 22.0 Å². The Morgan fingerprint density at radius 1 is 1.59 bits per heavy atom. The number of rotatable bonds is 5. The molecule has 1 rings (SSSR count). The third-order valence-corrected chi connectivity index (χ3v) is 4.82. The normalized spacial score (nSPS) is 21.4. The minimum atomic E-state index is -3.49. The van der Waals surface area contributed by atoms with Gasteiger partial charge in [0.2, 0.25) is 10.0 Å². The molecular weight excluding hydrogens is 264 g/mol. The molecular formula is C9H16N2O4S2. The number of sulfonamides is 1. The number of nitrogens with zero attached hydrogens (tertiary/aromatic N) is 1. The number of carbonyl (C=O) groups is 1. The molecule has 0 radical (unpaired) electrons. The molecule has 0 aromatic rings. The summed E-state index contributed by atoms with van der Waals surface area (Å²) in [5.74, 6) is -0.807. The first-order valence-electron chi connectivity index (χ1n) is 5.24. The van der Waals surface area contributed by atoms with E-state index >= 15 is 0 Å². The number of hydrogen-bond acceptors (Lipinski definition) is 5. The first-order valence-corrected chi connectivity index (χ1v) is 7.26. The fourth-order valence-corrected chi connectivity index (χ4v) is 3.77. The second-order valence-corrected chi connectivity index (χ2v) is 6.33. The van der Waals surface area contributed by atoms with Crippen LogP contribution in [0.4, 0.5) is 0 Å². The van der Waals surface area contributed by atoms with Crippen molar-refractivity contribution in [1.29, 1.82) is 0 Å². The molecule has 0 aromatic heterocycles. The predicted molar refractivity (Wildman–Crippen MR) is 66.9 cm³/mol. The van der Waals surface area contributed by atoms with Crippen LogP contribution in [0.25, 0.3) is 0 Å². The van der Waals surface area contributed by atoms with Gasteiger partial charge in [-0.15, -0.1) is 0 Å². The molecule has 0 aliphatic carbocycles. The van der Waals surface area contributed by atoms with E-state index in [-0.39, 0.29) is 17.2 Å². The number of thiocarbonyl (C=S) groups is 1. The maximum atomic E-state index is 12.0. The summed E-state index contributed by atoms with van der Waals surface area (Å²) in [6, 6.07) is -0.410. The van der Waals surface area contributed by atoms with Crippen molar-refractivity contribution in [3.63, 3.8) is 0 Å². The maximum Gasteiger partial charge on any atom is 0.306 e. The van der Waals surface area contributed by atoms with Crippen molar-refractivity contribution < 1.29 is 17.9 Å².